The Kier molecular flexibility index (Phi) is 5.95. The van der Waals surface area contributed by atoms with E-state index in [0.717, 1.165) is 12.1 Å². The lowest BCUT2D eigenvalue weighted by atomic mass is 9.96. The highest BCUT2D eigenvalue weighted by Crippen LogP contribution is 2.31. The zero-order valence-electron chi connectivity index (χ0n) is 18.5. The van der Waals surface area contributed by atoms with E-state index in [2.05, 4.69) is 30.4 Å². The van der Waals surface area contributed by atoms with Gasteiger partial charge in [0.1, 0.15) is 18.2 Å². The average Bonchev–Trinajstić information content (AvgIpc) is 3.39. The summed E-state index contributed by atoms with van der Waals surface area (Å²) in [5.74, 6) is -0.171. The maximum atomic E-state index is 13.9. The summed E-state index contributed by atoms with van der Waals surface area (Å²) < 4.78 is 21.3. The molecule has 3 aromatic rings. The summed E-state index contributed by atoms with van der Waals surface area (Å²) in [4.78, 5) is 25.5. The topological polar surface area (TPSA) is 126 Å². The van der Waals surface area contributed by atoms with E-state index in [1.54, 1.807) is 25.4 Å². The van der Waals surface area contributed by atoms with Crippen molar-refractivity contribution in [3.63, 3.8) is 0 Å². The minimum absolute atomic E-state index is 0.00795. The van der Waals surface area contributed by atoms with E-state index in [-0.39, 0.29) is 30.0 Å². The Bertz CT molecular complexity index is 1230. The second-order valence-corrected chi connectivity index (χ2v) is 8.38. The van der Waals surface area contributed by atoms with Gasteiger partial charge in [0.2, 0.25) is 5.91 Å². The van der Waals surface area contributed by atoms with Crippen molar-refractivity contribution in [1.82, 2.24) is 40.0 Å². The van der Waals surface area contributed by atoms with Crippen LogP contribution in [-0.2, 0) is 16.0 Å². The van der Waals surface area contributed by atoms with Crippen LogP contribution in [0.15, 0.2) is 30.9 Å². The summed E-state index contributed by atoms with van der Waals surface area (Å²) in [5, 5.41) is 20.1. The van der Waals surface area contributed by atoms with Crippen LogP contribution in [0.5, 0.6) is 0 Å². The van der Waals surface area contributed by atoms with Crippen molar-refractivity contribution < 1.29 is 13.9 Å². The van der Waals surface area contributed by atoms with Crippen LogP contribution < -0.4 is 0 Å². The van der Waals surface area contributed by atoms with Crippen LogP contribution in [0.25, 0.3) is 5.95 Å². The number of carbonyl (C=O) groups is 1. The molecule has 0 spiro atoms. The minimum atomic E-state index is -0.514. The molecule has 2 aliphatic heterocycles. The lowest BCUT2D eigenvalue weighted by Gasteiger charge is -2.46. The molecule has 0 N–H and O–H groups in total. The molecule has 174 valence electrons. The molecular formula is C22H22FN9O2. The van der Waals surface area contributed by atoms with Gasteiger partial charge in [-0.25, -0.2) is 14.4 Å². The van der Waals surface area contributed by atoms with E-state index >= 15 is 0 Å². The molecule has 5 rings (SSSR count). The maximum absolute atomic E-state index is 13.9. The molecule has 34 heavy (non-hydrogen) atoms. The van der Waals surface area contributed by atoms with Crippen LogP contribution in [0.2, 0.25) is 0 Å². The van der Waals surface area contributed by atoms with E-state index < -0.39 is 5.82 Å². The Balaban J connectivity index is 1.19. The third-order valence-corrected chi connectivity index (χ3v) is 6.36. The minimum Gasteiger partial charge on any atom is -0.370 e. The number of nitrogens with zero attached hydrogens (tertiary/aromatic N) is 9. The molecule has 2 fully saturated rings. The van der Waals surface area contributed by atoms with Crippen molar-refractivity contribution in [3.05, 3.63) is 58.9 Å². The Labute approximate surface area is 194 Å². The fourth-order valence-electron chi connectivity index (χ4n) is 4.48. The molecule has 2 saturated heterocycles. The number of amides is 1. The first-order valence-corrected chi connectivity index (χ1v) is 10.9. The number of nitriles is 1. The highest BCUT2D eigenvalue weighted by molar-refractivity contribution is 5.78. The summed E-state index contributed by atoms with van der Waals surface area (Å²) in [6.07, 6.45) is 4.58. The number of fused-ring (bicyclic) bond motifs is 1. The van der Waals surface area contributed by atoms with Crippen molar-refractivity contribution in [2.75, 3.05) is 32.8 Å². The molecule has 0 aliphatic carbocycles. The SMILES string of the molecule is Cc1c([C@@H]2CN3CCN(C(=O)Cc4cnc(-n5cnnn5)nc4)CC3CO2)ccc(F)c1C#N. The molecule has 4 heterocycles. The number of hydrogen-bond acceptors (Lipinski definition) is 9. The van der Waals surface area contributed by atoms with Gasteiger partial charge < -0.3 is 9.64 Å². The van der Waals surface area contributed by atoms with Crippen LogP contribution in [0, 0.1) is 24.1 Å². The Morgan fingerprint density at radius 1 is 1.26 bits per heavy atom. The molecule has 2 aliphatic rings. The number of halogens is 1. The fourth-order valence-corrected chi connectivity index (χ4v) is 4.48. The predicted molar refractivity (Wildman–Crippen MR) is 115 cm³/mol. The number of ether oxygens (including phenoxy) is 1. The summed E-state index contributed by atoms with van der Waals surface area (Å²) >= 11 is 0. The maximum Gasteiger partial charge on any atom is 0.253 e. The number of tetrazole rings is 1. The number of benzene rings is 1. The van der Waals surface area contributed by atoms with E-state index in [1.807, 2.05) is 11.0 Å². The zero-order chi connectivity index (χ0) is 23.7. The average molecular weight is 463 g/mol. The van der Waals surface area contributed by atoms with Crippen molar-refractivity contribution in [3.8, 4) is 12.0 Å². The summed E-state index contributed by atoms with van der Waals surface area (Å²) in [5.41, 5.74) is 2.23. The van der Waals surface area contributed by atoms with E-state index in [9.17, 15) is 14.4 Å². The lowest BCUT2D eigenvalue weighted by molar-refractivity contribution is -0.139. The highest BCUT2D eigenvalue weighted by Gasteiger charge is 2.36. The van der Waals surface area contributed by atoms with Crippen molar-refractivity contribution in [2.24, 2.45) is 0 Å². The first-order valence-electron chi connectivity index (χ1n) is 10.9. The quantitative estimate of drug-likeness (QED) is 0.547. The smallest absolute Gasteiger partial charge is 0.253 e. The van der Waals surface area contributed by atoms with Gasteiger partial charge in [0, 0.05) is 38.6 Å². The molecule has 12 heteroatoms. The van der Waals surface area contributed by atoms with E-state index in [0.29, 0.717) is 43.3 Å². The Morgan fingerprint density at radius 2 is 2.09 bits per heavy atom. The molecule has 2 aromatic heterocycles. The van der Waals surface area contributed by atoms with Crippen molar-refractivity contribution in [2.45, 2.75) is 25.5 Å². The third kappa shape index (κ3) is 4.23. The Hall–Kier alpha value is -3.82. The molecule has 0 radical (unpaired) electrons. The van der Waals surface area contributed by atoms with Gasteiger partial charge in [-0.15, -0.1) is 5.10 Å². The first kappa shape index (κ1) is 22.0. The molecule has 1 amide bonds. The van der Waals surface area contributed by atoms with Gasteiger partial charge in [-0.1, -0.05) is 6.07 Å². The standard InChI is InChI=1S/C22H22FN9O2/c1-14-17(2-3-19(23)18(14)7-24)20-11-30-4-5-31(10-16(30)12-34-20)21(33)6-15-8-25-22(26-9-15)32-13-27-28-29-32/h2-3,8-9,13,16,20H,4-6,10-12H2,1H3/t16?,20-/m0/s1. The third-order valence-electron chi connectivity index (χ3n) is 6.36. The number of aromatic nitrogens is 6. The monoisotopic (exact) mass is 463 g/mol. The summed E-state index contributed by atoms with van der Waals surface area (Å²) in [6, 6.07) is 5.05. The zero-order valence-corrected chi connectivity index (χ0v) is 18.5. The molecule has 2 atom stereocenters. The fraction of sp³-hybridized carbons (Fsp3) is 0.409. The van der Waals surface area contributed by atoms with Crippen molar-refractivity contribution in [1.29, 1.82) is 5.26 Å². The molecular weight excluding hydrogens is 441 g/mol. The van der Waals surface area contributed by atoms with Gasteiger partial charge in [-0.05, 0) is 40.1 Å². The number of piperazine rings is 1. The summed E-state index contributed by atoms with van der Waals surface area (Å²) in [6.45, 7) is 4.74. The second-order valence-electron chi connectivity index (χ2n) is 8.38. The van der Waals surface area contributed by atoms with Crippen LogP contribution >= 0.6 is 0 Å². The van der Waals surface area contributed by atoms with Crippen LogP contribution in [0.1, 0.15) is 28.4 Å². The van der Waals surface area contributed by atoms with Gasteiger partial charge in [0.15, 0.2) is 0 Å². The molecule has 0 saturated carbocycles. The number of morpholine rings is 1. The largest absolute Gasteiger partial charge is 0.370 e. The summed E-state index contributed by atoms with van der Waals surface area (Å²) in [7, 11) is 0. The van der Waals surface area contributed by atoms with Gasteiger partial charge >= 0.3 is 0 Å². The van der Waals surface area contributed by atoms with E-state index in [4.69, 9.17) is 4.74 Å². The predicted octanol–water partition coefficient (Wildman–Crippen LogP) is 0.598. The van der Waals surface area contributed by atoms with Crippen LogP contribution in [0.3, 0.4) is 0 Å². The second kappa shape index (κ2) is 9.20. The number of hydrogen-bond donors (Lipinski definition) is 0. The van der Waals surface area contributed by atoms with Gasteiger partial charge in [0.05, 0.1) is 30.7 Å². The van der Waals surface area contributed by atoms with Crippen LogP contribution in [-0.4, -0.2) is 84.7 Å². The van der Waals surface area contributed by atoms with Gasteiger partial charge in [0.25, 0.3) is 5.95 Å². The van der Waals surface area contributed by atoms with E-state index in [1.165, 1.54) is 17.1 Å². The first-order chi connectivity index (χ1) is 16.5. The molecule has 0 bridgehead atoms. The lowest BCUT2D eigenvalue weighted by Crippen LogP contribution is -2.59. The number of carbonyl (C=O) groups excluding carboxylic acids is 1. The molecule has 1 unspecified atom stereocenters. The van der Waals surface area contributed by atoms with Crippen molar-refractivity contribution >= 4 is 5.91 Å². The normalized spacial score (nSPS) is 20.6. The molecule has 11 nitrogen and oxygen atoms in total. The van der Waals surface area contributed by atoms with Gasteiger partial charge in [-0.3, -0.25) is 9.69 Å². The number of rotatable bonds is 4. The molecule has 1 aromatic carbocycles. The van der Waals surface area contributed by atoms with Crippen LogP contribution in [0.4, 0.5) is 4.39 Å². The Morgan fingerprint density at radius 3 is 2.82 bits per heavy atom. The highest BCUT2D eigenvalue weighted by atomic mass is 19.1. The van der Waals surface area contributed by atoms with Gasteiger partial charge in [-0.2, -0.15) is 9.94 Å².